The van der Waals surface area contributed by atoms with Crippen LogP contribution in [0.15, 0.2) is 11.1 Å². The Balaban J connectivity index is 2.34. The fourth-order valence-electron chi connectivity index (χ4n) is 1.66. The number of aliphatic hydroxyl groups excluding tert-OH is 1. The topological polar surface area (TPSA) is 78.5 Å². The molecule has 1 fully saturated rings. The van der Waals surface area contributed by atoms with Gasteiger partial charge in [0.2, 0.25) is 0 Å². The molecule has 0 amide bonds. The van der Waals surface area contributed by atoms with E-state index in [2.05, 4.69) is 9.97 Å². The summed E-state index contributed by atoms with van der Waals surface area (Å²) < 4.78 is 5.24. The standard InChI is InChI=1S/C9H12ClN3O3/c10-7-8(11-5-12-9(7)15)13-1-2-16-4-6(13)3-14/h5-6,14H,1-4H2,(H,11,12,15). The summed E-state index contributed by atoms with van der Waals surface area (Å²) in [5.41, 5.74) is -0.380. The summed E-state index contributed by atoms with van der Waals surface area (Å²) in [4.78, 5) is 19.5. The second kappa shape index (κ2) is 4.82. The fourth-order valence-corrected chi connectivity index (χ4v) is 1.87. The third-order valence-electron chi connectivity index (χ3n) is 2.49. The van der Waals surface area contributed by atoms with E-state index in [9.17, 15) is 9.90 Å². The van der Waals surface area contributed by atoms with Crippen LogP contribution in [0.4, 0.5) is 5.82 Å². The summed E-state index contributed by atoms with van der Waals surface area (Å²) >= 11 is 5.88. The Morgan fingerprint density at radius 1 is 1.75 bits per heavy atom. The molecule has 2 N–H and O–H groups in total. The van der Waals surface area contributed by atoms with Gasteiger partial charge in [-0.3, -0.25) is 4.79 Å². The number of aromatic nitrogens is 2. The van der Waals surface area contributed by atoms with Crippen LogP contribution in [0.25, 0.3) is 0 Å². The van der Waals surface area contributed by atoms with Gasteiger partial charge in [-0.2, -0.15) is 0 Å². The summed E-state index contributed by atoms with van der Waals surface area (Å²) in [5.74, 6) is 0.396. The predicted molar refractivity (Wildman–Crippen MR) is 58.9 cm³/mol. The molecule has 1 aromatic heterocycles. The van der Waals surface area contributed by atoms with E-state index in [0.29, 0.717) is 25.6 Å². The van der Waals surface area contributed by atoms with Gasteiger partial charge in [0.25, 0.3) is 5.56 Å². The van der Waals surface area contributed by atoms with Crippen molar-refractivity contribution >= 4 is 17.4 Å². The zero-order chi connectivity index (χ0) is 11.5. The molecule has 7 heteroatoms. The zero-order valence-corrected chi connectivity index (χ0v) is 9.28. The van der Waals surface area contributed by atoms with Crippen molar-refractivity contribution in [2.45, 2.75) is 6.04 Å². The first-order valence-corrected chi connectivity index (χ1v) is 5.30. The Morgan fingerprint density at radius 2 is 2.56 bits per heavy atom. The largest absolute Gasteiger partial charge is 0.394 e. The molecule has 0 radical (unpaired) electrons. The van der Waals surface area contributed by atoms with Gasteiger partial charge in [0.1, 0.15) is 5.02 Å². The van der Waals surface area contributed by atoms with Gasteiger partial charge in [-0.25, -0.2) is 4.98 Å². The molecule has 0 bridgehead atoms. The Morgan fingerprint density at radius 3 is 3.31 bits per heavy atom. The molecule has 88 valence electrons. The highest BCUT2D eigenvalue weighted by atomic mass is 35.5. The number of anilines is 1. The minimum atomic E-state index is -0.380. The third-order valence-corrected chi connectivity index (χ3v) is 2.83. The maximum Gasteiger partial charge on any atom is 0.271 e. The first-order chi connectivity index (χ1) is 7.74. The summed E-state index contributed by atoms with van der Waals surface area (Å²) in [6.07, 6.45) is 1.30. The minimum Gasteiger partial charge on any atom is -0.394 e. The molecule has 1 unspecified atom stereocenters. The van der Waals surface area contributed by atoms with Crippen molar-refractivity contribution in [2.24, 2.45) is 0 Å². The first-order valence-electron chi connectivity index (χ1n) is 4.92. The lowest BCUT2D eigenvalue weighted by molar-refractivity contribution is 0.0723. The highest BCUT2D eigenvalue weighted by molar-refractivity contribution is 6.32. The molecular formula is C9H12ClN3O3. The SMILES string of the molecule is O=c1[nH]cnc(N2CCOCC2CO)c1Cl. The molecule has 1 saturated heterocycles. The molecule has 16 heavy (non-hydrogen) atoms. The second-order valence-electron chi connectivity index (χ2n) is 3.47. The minimum absolute atomic E-state index is 0.0443. The number of morpholine rings is 1. The Kier molecular flexibility index (Phi) is 3.42. The van der Waals surface area contributed by atoms with Crippen molar-refractivity contribution in [1.82, 2.24) is 9.97 Å². The van der Waals surface area contributed by atoms with Gasteiger partial charge in [-0.15, -0.1) is 0 Å². The molecule has 0 aromatic carbocycles. The Labute approximate surface area is 96.8 Å². The van der Waals surface area contributed by atoms with Crippen molar-refractivity contribution in [2.75, 3.05) is 31.3 Å². The molecule has 1 aromatic rings. The van der Waals surface area contributed by atoms with Crippen LogP contribution in [0.1, 0.15) is 0 Å². The van der Waals surface area contributed by atoms with Crippen molar-refractivity contribution in [3.63, 3.8) is 0 Å². The highest BCUT2D eigenvalue weighted by Gasteiger charge is 2.25. The van der Waals surface area contributed by atoms with E-state index in [4.69, 9.17) is 16.3 Å². The van der Waals surface area contributed by atoms with Gasteiger partial charge >= 0.3 is 0 Å². The third kappa shape index (κ3) is 2.04. The molecule has 1 aliphatic heterocycles. The number of nitrogens with zero attached hydrogens (tertiary/aromatic N) is 2. The van der Waals surface area contributed by atoms with Gasteiger partial charge < -0.3 is 19.7 Å². The Bertz CT molecular complexity index is 423. The van der Waals surface area contributed by atoms with Crippen molar-refractivity contribution < 1.29 is 9.84 Å². The Hall–Kier alpha value is -1.11. The number of aliphatic hydroxyl groups is 1. The number of halogens is 1. The van der Waals surface area contributed by atoms with Crippen LogP contribution in [0, 0.1) is 0 Å². The summed E-state index contributed by atoms with van der Waals surface area (Å²) in [6, 6.07) is -0.208. The fraction of sp³-hybridized carbons (Fsp3) is 0.556. The summed E-state index contributed by atoms with van der Waals surface area (Å²) in [5, 5.41) is 9.25. The number of hydrogen-bond donors (Lipinski definition) is 2. The van der Waals surface area contributed by atoms with Crippen LogP contribution in [-0.4, -0.2) is 47.5 Å². The van der Waals surface area contributed by atoms with Crippen molar-refractivity contribution in [3.05, 3.63) is 21.7 Å². The molecule has 2 heterocycles. The molecule has 0 aliphatic carbocycles. The number of aromatic amines is 1. The van der Waals surface area contributed by atoms with Crippen LogP contribution in [0.5, 0.6) is 0 Å². The smallest absolute Gasteiger partial charge is 0.271 e. The van der Waals surface area contributed by atoms with Crippen LogP contribution >= 0.6 is 11.6 Å². The molecule has 0 spiro atoms. The van der Waals surface area contributed by atoms with E-state index < -0.39 is 0 Å². The first kappa shape index (κ1) is 11.4. The lowest BCUT2D eigenvalue weighted by Crippen LogP contribution is -2.48. The van der Waals surface area contributed by atoms with Gasteiger partial charge in [0.05, 0.1) is 32.2 Å². The van der Waals surface area contributed by atoms with E-state index in [0.717, 1.165) is 0 Å². The quantitative estimate of drug-likeness (QED) is 0.743. The monoisotopic (exact) mass is 245 g/mol. The van der Waals surface area contributed by atoms with Crippen LogP contribution in [0.2, 0.25) is 5.02 Å². The molecule has 1 atom stereocenters. The maximum atomic E-state index is 11.3. The van der Waals surface area contributed by atoms with E-state index >= 15 is 0 Å². The molecule has 1 aliphatic rings. The van der Waals surface area contributed by atoms with Crippen molar-refractivity contribution in [3.8, 4) is 0 Å². The predicted octanol–water partition coefficient (Wildman–Crippen LogP) is -0.379. The molecule has 2 rings (SSSR count). The van der Waals surface area contributed by atoms with Crippen LogP contribution in [-0.2, 0) is 4.74 Å². The van der Waals surface area contributed by atoms with E-state index in [1.165, 1.54) is 6.33 Å². The second-order valence-corrected chi connectivity index (χ2v) is 3.85. The number of nitrogens with one attached hydrogen (secondary N) is 1. The maximum absolute atomic E-state index is 11.3. The van der Waals surface area contributed by atoms with E-state index in [1.54, 1.807) is 4.90 Å². The van der Waals surface area contributed by atoms with Crippen LogP contribution in [0.3, 0.4) is 0 Å². The molecule has 6 nitrogen and oxygen atoms in total. The number of hydrogen-bond acceptors (Lipinski definition) is 5. The normalized spacial score (nSPS) is 21.1. The number of rotatable bonds is 2. The lowest BCUT2D eigenvalue weighted by Gasteiger charge is -2.35. The van der Waals surface area contributed by atoms with Gasteiger partial charge in [0, 0.05) is 6.54 Å². The summed E-state index contributed by atoms with van der Waals surface area (Å²) in [6.45, 7) is 1.43. The van der Waals surface area contributed by atoms with E-state index in [1.807, 2.05) is 0 Å². The van der Waals surface area contributed by atoms with Gasteiger partial charge in [-0.05, 0) is 0 Å². The number of H-pyrrole nitrogens is 1. The van der Waals surface area contributed by atoms with Crippen molar-refractivity contribution in [1.29, 1.82) is 0 Å². The molecular weight excluding hydrogens is 234 g/mol. The highest BCUT2D eigenvalue weighted by Crippen LogP contribution is 2.22. The van der Waals surface area contributed by atoms with E-state index in [-0.39, 0.29) is 23.2 Å². The zero-order valence-electron chi connectivity index (χ0n) is 8.52. The van der Waals surface area contributed by atoms with Gasteiger partial charge in [-0.1, -0.05) is 11.6 Å². The molecule has 0 saturated carbocycles. The number of ether oxygens (including phenoxy) is 1. The average molecular weight is 246 g/mol. The van der Waals surface area contributed by atoms with Gasteiger partial charge in [0.15, 0.2) is 5.82 Å². The average Bonchev–Trinajstić information content (AvgIpc) is 2.33. The van der Waals surface area contributed by atoms with Crippen LogP contribution < -0.4 is 10.5 Å². The lowest BCUT2D eigenvalue weighted by atomic mass is 10.2. The summed E-state index contributed by atoms with van der Waals surface area (Å²) in [7, 11) is 0.